The molecule has 0 saturated heterocycles. The number of nitrogen functional groups attached to an aromatic ring is 1. The number of halogens is 1. The van der Waals surface area contributed by atoms with Crippen LogP contribution in [0.2, 0.25) is 0 Å². The fourth-order valence-corrected chi connectivity index (χ4v) is 3.54. The first-order valence-electron chi connectivity index (χ1n) is 6.04. The molecule has 0 amide bonds. The van der Waals surface area contributed by atoms with Gasteiger partial charge in [0, 0.05) is 22.9 Å². The van der Waals surface area contributed by atoms with Gasteiger partial charge in [-0.05, 0) is 47.3 Å². The largest absolute Gasteiger partial charge is 0.396 e. The molecule has 1 saturated carbocycles. The maximum absolute atomic E-state index is 9.04. The first kappa shape index (κ1) is 12.2. The number of hydrogen-bond acceptors (Lipinski definition) is 4. The maximum Gasteiger partial charge on any atom is 0.146 e. The van der Waals surface area contributed by atoms with E-state index in [0.717, 1.165) is 34.0 Å². The van der Waals surface area contributed by atoms with E-state index in [-0.39, 0.29) is 0 Å². The molecule has 0 aliphatic heterocycles. The van der Waals surface area contributed by atoms with Gasteiger partial charge in [0.2, 0.25) is 0 Å². The Morgan fingerprint density at radius 1 is 1.39 bits per heavy atom. The normalized spacial score (nSPS) is 23.2. The molecule has 2 heterocycles. The Morgan fingerprint density at radius 3 is 2.89 bits per heavy atom. The molecule has 1 aliphatic carbocycles. The van der Waals surface area contributed by atoms with Crippen LogP contribution in [-0.2, 0) is 6.54 Å². The Bertz CT molecular complexity index is 577. The second kappa shape index (κ2) is 4.65. The van der Waals surface area contributed by atoms with Crippen LogP contribution in [0.4, 0.5) is 5.82 Å². The summed E-state index contributed by atoms with van der Waals surface area (Å²) < 4.78 is 3.26. The third-order valence-electron chi connectivity index (χ3n) is 3.68. The summed E-state index contributed by atoms with van der Waals surface area (Å²) in [5.74, 6) is 1.69. The number of fused-ring (bicyclic) bond motifs is 1. The molecule has 3 N–H and O–H groups in total. The zero-order valence-corrected chi connectivity index (χ0v) is 12.0. The number of rotatable bonds is 3. The summed E-state index contributed by atoms with van der Waals surface area (Å²) in [4.78, 5) is 8.37. The van der Waals surface area contributed by atoms with E-state index >= 15 is 0 Å². The van der Waals surface area contributed by atoms with Crippen molar-refractivity contribution in [3.63, 3.8) is 0 Å². The highest BCUT2D eigenvalue weighted by Crippen LogP contribution is 2.35. The van der Waals surface area contributed by atoms with Crippen molar-refractivity contribution < 1.29 is 5.11 Å². The van der Waals surface area contributed by atoms with Gasteiger partial charge in [-0.2, -0.15) is 0 Å². The average Bonchev–Trinajstić information content (AvgIpc) is 2.61. The number of nitrogens with two attached hydrogens (primary N) is 1. The predicted molar refractivity (Wildman–Crippen MR) is 78.0 cm³/mol. The van der Waals surface area contributed by atoms with Crippen molar-refractivity contribution in [2.24, 2.45) is 11.8 Å². The highest BCUT2D eigenvalue weighted by atomic mass is 127. The van der Waals surface area contributed by atoms with Crippen molar-refractivity contribution in [3.05, 3.63) is 16.1 Å². The number of hydrogen-bond donors (Lipinski definition) is 2. The molecule has 2 aromatic heterocycles. The van der Waals surface area contributed by atoms with E-state index in [0.29, 0.717) is 24.3 Å². The lowest BCUT2D eigenvalue weighted by Gasteiger charge is -2.34. The van der Waals surface area contributed by atoms with Gasteiger partial charge in [-0.1, -0.05) is 0 Å². The third kappa shape index (κ3) is 1.97. The summed E-state index contributed by atoms with van der Waals surface area (Å²) in [6.07, 6.45) is 5.81. The second-order valence-electron chi connectivity index (χ2n) is 4.97. The molecule has 0 atom stereocenters. The summed E-state index contributed by atoms with van der Waals surface area (Å²) in [5.41, 5.74) is 6.81. The molecule has 0 bridgehead atoms. The lowest BCUT2D eigenvalue weighted by atomic mass is 9.75. The molecular weight excluding hydrogens is 343 g/mol. The van der Waals surface area contributed by atoms with Crippen LogP contribution < -0.4 is 5.73 Å². The molecule has 3 rings (SSSR count). The van der Waals surface area contributed by atoms with Crippen molar-refractivity contribution in [1.29, 1.82) is 0 Å². The minimum atomic E-state index is 0.315. The molecule has 1 aliphatic rings. The highest BCUT2D eigenvalue weighted by molar-refractivity contribution is 14.1. The zero-order chi connectivity index (χ0) is 12.7. The SMILES string of the molecule is Nc1ncnc2c1c(I)cn2CC1CC(CO)C1. The molecule has 0 radical (unpaired) electrons. The van der Waals surface area contributed by atoms with Gasteiger partial charge in [-0.15, -0.1) is 0 Å². The van der Waals surface area contributed by atoms with Crippen LogP contribution in [0.15, 0.2) is 12.5 Å². The zero-order valence-electron chi connectivity index (χ0n) is 9.88. The number of anilines is 1. The van der Waals surface area contributed by atoms with Gasteiger partial charge in [0.05, 0.1) is 5.39 Å². The molecule has 96 valence electrons. The van der Waals surface area contributed by atoms with Gasteiger partial charge in [0.1, 0.15) is 17.8 Å². The van der Waals surface area contributed by atoms with Crippen LogP contribution in [-0.4, -0.2) is 26.2 Å². The molecule has 6 heteroatoms. The van der Waals surface area contributed by atoms with E-state index < -0.39 is 0 Å². The minimum Gasteiger partial charge on any atom is -0.396 e. The van der Waals surface area contributed by atoms with Crippen LogP contribution in [0.5, 0.6) is 0 Å². The molecule has 0 aromatic carbocycles. The molecule has 1 fully saturated rings. The third-order valence-corrected chi connectivity index (χ3v) is 4.50. The lowest BCUT2D eigenvalue weighted by Crippen LogP contribution is -2.29. The van der Waals surface area contributed by atoms with Crippen LogP contribution in [0.1, 0.15) is 12.8 Å². The van der Waals surface area contributed by atoms with Gasteiger partial charge >= 0.3 is 0 Å². The Kier molecular flexibility index (Phi) is 3.14. The lowest BCUT2D eigenvalue weighted by molar-refractivity contribution is 0.0975. The highest BCUT2D eigenvalue weighted by Gasteiger charge is 2.29. The Balaban J connectivity index is 1.87. The Hall–Kier alpha value is -0.890. The van der Waals surface area contributed by atoms with Crippen molar-refractivity contribution in [1.82, 2.24) is 14.5 Å². The molecule has 0 unspecified atom stereocenters. The summed E-state index contributed by atoms with van der Waals surface area (Å²) in [5, 5.41) is 9.99. The molecular formula is C12H15IN4O. The topological polar surface area (TPSA) is 77.0 Å². The minimum absolute atomic E-state index is 0.315. The predicted octanol–water partition coefficient (Wildman–Crippen LogP) is 1.64. The van der Waals surface area contributed by atoms with Crippen LogP contribution in [0, 0.1) is 15.4 Å². The van der Waals surface area contributed by atoms with E-state index in [1.165, 1.54) is 6.33 Å². The Morgan fingerprint density at radius 2 is 2.17 bits per heavy atom. The van der Waals surface area contributed by atoms with Crippen LogP contribution in [0.3, 0.4) is 0 Å². The van der Waals surface area contributed by atoms with Crippen LogP contribution >= 0.6 is 22.6 Å². The van der Waals surface area contributed by atoms with E-state index in [4.69, 9.17) is 10.8 Å². The van der Waals surface area contributed by atoms with Crippen molar-refractivity contribution >= 4 is 39.4 Å². The van der Waals surface area contributed by atoms with E-state index in [1.54, 1.807) is 0 Å². The fraction of sp³-hybridized carbons (Fsp3) is 0.500. The summed E-state index contributed by atoms with van der Waals surface area (Å²) in [7, 11) is 0. The number of aliphatic hydroxyl groups excluding tert-OH is 1. The maximum atomic E-state index is 9.04. The van der Waals surface area contributed by atoms with Gasteiger partial charge in [-0.25, -0.2) is 9.97 Å². The smallest absolute Gasteiger partial charge is 0.146 e. The van der Waals surface area contributed by atoms with Gasteiger partial charge in [0.25, 0.3) is 0 Å². The van der Waals surface area contributed by atoms with Gasteiger partial charge in [-0.3, -0.25) is 0 Å². The van der Waals surface area contributed by atoms with Crippen molar-refractivity contribution in [2.75, 3.05) is 12.3 Å². The fourth-order valence-electron chi connectivity index (χ4n) is 2.69. The average molecular weight is 358 g/mol. The van der Waals surface area contributed by atoms with E-state index in [1.807, 2.05) is 0 Å². The molecule has 5 nitrogen and oxygen atoms in total. The number of nitrogens with zero attached hydrogens (tertiary/aromatic N) is 3. The summed E-state index contributed by atoms with van der Waals surface area (Å²) in [6, 6.07) is 0. The number of aromatic nitrogens is 3. The monoisotopic (exact) mass is 358 g/mol. The van der Waals surface area contributed by atoms with Crippen LogP contribution in [0.25, 0.3) is 11.0 Å². The van der Waals surface area contributed by atoms with Gasteiger partial charge < -0.3 is 15.4 Å². The number of aliphatic hydroxyl groups is 1. The summed E-state index contributed by atoms with van der Waals surface area (Å²) >= 11 is 2.27. The van der Waals surface area contributed by atoms with Gasteiger partial charge in [0.15, 0.2) is 0 Å². The van der Waals surface area contributed by atoms with E-state index in [9.17, 15) is 0 Å². The quantitative estimate of drug-likeness (QED) is 0.818. The standard InChI is InChI=1S/C12H15IN4O/c13-9-4-17(3-7-1-8(2-7)5-18)12-10(9)11(14)15-6-16-12/h4,6-8,18H,1-3,5H2,(H2,14,15,16). The second-order valence-corrected chi connectivity index (χ2v) is 6.14. The van der Waals surface area contributed by atoms with Crippen molar-refractivity contribution in [3.8, 4) is 0 Å². The Labute approximate surface area is 119 Å². The first-order chi connectivity index (χ1) is 8.69. The van der Waals surface area contributed by atoms with Crippen molar-refractivity contribution in [2.45, 2.75) is 19.4 Å². The molecule has 0 spiro atoms. The molecule has 18 heavy (non-hydrogen) atoms. The first-order valence-corrected chi connectivity index (χ1v) is 7.12. The van der Waals surface area contributed by atoms with E-state index in [2.05, 4.69) is 43.3 Å². The summed E-state index contributed by atoms with van der Waals surface area (Å²) in [6.45, 7) is 1.27. The molecule has 2 aromatic rings.